The van der Waals surface area contributed by atoms with E-state index in [0.717, 1.165) is 24.1 Å². The minimum Gasteiger partial charge on any atom is -0.399 e. The van der Waals surface area contributed by atoms with E-state index in [4.69, 9.17) is 5.73 Å². The van der Waals surface area contributed by atoms with Gasteiger partial charge in [0.25, 0.3) is 0 Å². The second-order valence-corrected chi connectivity index (χ2v) is 4.21. The molecule has 88 valence electrons. The van der Waals surface area contributed by atoms with Gasteiger partial charge < -0.3 is 10.8 Å². The Morgan fingerprint density at radius 1 is 0.941 bits per heavy atom. The molecule has 2 aromatic rings. The maximum absolute atomic E-state index is 10.0. The van der Waals surface area contributed by atoms with Gasteiger partial charge >= 0.3 is 0 Å². The molecule has 1 atom stereocenters. The third-order valence-electron chi connectivity index (χ3n) is 2.87. The van der Waals surface area contributed by atoms with E-state index < -0.39 is 6.10 Å². The molecule has 0 aliphatic carbocycles. The van der Waals surface area contributed by atoms with Crippen LogP contribution in [0.3, 0.4) is 0 Å². The van der Waals surface area contributed by atoms with Gasteiger partial charge in [0.05, 0.1) is 6.10 Å². The zero-order valence-corrected chi connectivity index (χ0v) is 9.71. The fourth-order valence-electron chi connectivity index (χ4n) is 1.83. The third kappa shape index (κ3) is 3.33. The van der Waals surface area contributed by atoms with Gasteiger partial charge in [-0.1, -0.05) is 42.5 Å². The first-order valence-corrected chi connectivity index (χ1v) is 5.83. The van der Waals surface area contributed by atoms with Crippen molar-refractivity contribution >= 4 is 5.69 Å². The maximum Gasteiger partial charge on any atom is 0.0793 e. The number of nitrogens with two attached hydrogens (primary N) is 1. The average Bonchev–Trinajstić information content (AvgIpc) is 2.39. The Kier molecular flexibility index (Phi) is 3.78. The van der Waals surface area contributed by atoms with Crippen molar-refractivity contribution in [1.29, 1.82) is 0 Å². The molecule has 0 spiro atoms. The number of rotatable bonds is 4. The summed E-state index contributed by atoms with van der Waals surface area (Å²) in [6, 6.07) is 17.6. The molecule has 0 amide bonds. The summed E-state index contributed by atoms with van der Waals surface area (Å²) in [5.74, 6) is 0. The first-order chi connectivity index (χ1) is 8.25. The van der Waals surface area contributed by atoms with E-state index in [9.17, 15) is 5.11 Å². The van der Waals surface area contributed by atoms with E-state index in [1.54, 1.807) is 0 Å². The van der Waals surface area contributed by atoms with E-state index in [1.165, 1.54) is 5.56 Å². The van der Waals surface area contributed by atoms with Crippen molar-refractivity contribution in [3.05, 3.63) is 65.7 Å². The largest absolute Gasteiger partial charge is 0.399 e. The van der Waals surface area contributed by atoms with Crippen molar-refractivity contribution in [2.24, 2.45) is 0 Å². The summed E-state index contributed by atoms with van der Waals surface area (Å²) in [5, 5.41) is 10.0. The second kappa shape index (κ2) is 5.51. The summed E-state index contributed by atoms with van der Waals surface area (Å²) in [6.45, 7) is 0. The van der Waals surface area contributed by atoms with Gasteiger partial charge in [-0.3, -0.25) is 0 Å². The van der Waals surface area contributed by atoms with E-state index in [1.807, 2.05) is 54.6 Å². The van der Waals surface area contributed by atoms with Crippen molar-refractivity contribution in [1.82, 2.24) is 0 Å². The molecule has 0 saturated heterocycles. The summed E-state index contributed by atoms with van der Waals surface area (Å²) >= 11 is 0. The lowest BCUT2D eigenvalue weighted by Crippen LogP contribution is -1.99. The van der Waals surface area contributed by atoms with E-state index >= 15 is 0 Å². The monoisotopic (exact) mass is 227 g/mol. The molecular formula is C15H17NO. The zero-order chi connectivity index (χ0) is 12.1. The summed E-state index contributed by atoms with van der Waals surface area (Å²) in [6.07, 6.45) is 1.19. The van der Waals surface area contributed by atoms with Gasteiger partial charge in [-0.05, 0) is 36.1 Å². The topological polar surface area (TPSA) is 46.2 Å². The lowest BCUT2D eigenvalue weighted by molar-refractivity contribution is 0.168. The second-order valence-electron chi connectivity index (χ2n) is 4.21. The highest BCUT2D eigenvalue weighted by Crippen LogP contribution is 2.19. The van der Waals surface area contributed by atoms with Crippen LogP contribution in [0.2, 0.25) is 0 Å². The molecule has 0 saturated carbocycles. The number of aryl methyl sites for hydroxylation is 1. The summed E-state index contributed by atoms with van der Waals surface area (Å²) in [4.78, 5) is 0. The minimum atomic E-state index is -0.395. The quantitative estimate of drug-likeness (QED) is 0.789. The van der Waals surface area contributed by atoms with Crippen molar-refractivity contribution in [2.45, 2.75) is 18.9 Å². The first kappa shape index (κ1) is 11.7. The molecule has 0 heterocycles. The standard InChI is InChI=1S/C15H17NO/c16-14-9-6-12(7-10-14)8-11-15(17)13-4-2-1-3-5-13/h1-7,9-10,15,17H,8,11,16H2/t15-/m1/s1. The Labute approximate surface area is 102 Å². The van der Waals surface area contributed by atoms with Gasteiger partial charge in [0.15, 0.2) is 0 Å². The lowest BCUT2D eigenvalue weighted by atomic mass is 10.0. The fourth-order valence-corrected chi connectivity index (χ4v) is 1.83. The molecule has 2 rings (SSSR count). The van der Waals surface area contributed by atoms with Crippen LogP contribution in [0.4, 0.5) is 5.69 Å². The van der Waals surface area contributed by atoms with Crippen LogP contribution in [0, 0.1) is 0 Å². The van der Waals surface area contributed by atoms with Crippen molar-refractivity contribution in [3.63, 3.8) is 0 Å². The Morgan fingerprint density at radius 2 is 1.59 bits per heavy atom. The average molecular weight is 227 g/mol. The highest BCUT2D eigenvalue weighted by Gasteiger charge is 2.06. The Bertz CT molecular complexity index is 450. The number of hydrogen-bond donors (Lipinski definition) is 2. The molecular weight excluding hydrogens is 210 g/mol. The number of aliphatic hydroxyl groups excluding tert-OH is 1. The summed E-state index contributed by atoms with van der Waals surface area (Å²) in [5.41, 5.74) is 8.58. The molecule has 0 unspecified atom stereocenters. The van der Waals surface area contributed by atoms with Crippen LogP contribution >= 0.6 is 0 Å². The molecule has 3 N–H and O–H groups in total. The molecule has 2 aromatic carbocycles. The van der Waals surface area contributed by atoms with Crippen molar-refractivity contribution in [3.8, 4) is 0 Å². The van der Waals surface area contributed by atoms with Gasteiger partial charge in [-0.2, -0.15) is 0 Å². The van der Waals surface area contributed by atoms with E-state index in [0.29, 0.717) is 0 Å². The Balaban J connectivity index is 1.92. The van der Waals surface area contributed by atoms with Gasteiger partial charge in [0.2, 0.25) is 0 Å². The highest BCUT2D eigenvalue weighted by molar-refractivity contribution is 5.39. The number of anilines is 1. The van der Waals surface area contributed by atoms with Gasteiger partial charge in [-0.25, -0.2) is 0 Å². The van der Waals surface area contributed by atoms with Crippen LogP contribution in [-0.2, 0) is 6.42 Å². The molecule has 2 heteroatoms. The highest BCUT2D eigenvalue weighted by atomic mass is 16.3. The molecule has 0 fully saturated rings. The van der Waals surface area contributed by atoms with Crippen molar-refractivity contribution < 1.29 is 5.11 Å². The SMILES string of the molecule is Nc1ccc(CC[C@@H](O)c2ccccc2)cc1. The minimum absolute atomic E-state index is 0.395. The predicted molar refractivity (Wildman–Crippen MR) is 70.6 cm³/mol. The van der Waals surface area contributed by atoms with Crippen LogP contribution in [0.1, 0.15) is 23.7 Å². The van der Waals surface area contributed by atoms with Gasteiger partial charge in [-0.15, -0.1) is 0 Å². The maximum atomic E-state index is 10.0. The number of aliphatic hydroxyl groups is 1. The molecule has 0 bridgehead atoms. The Hall–Kier alpha value is -1.80. The van der Waals surface area contributed by atoms with E-state index in [-0.39, 0.29) is 0 Å². The molecule has 0 aromatic heterocycles. The van der Waals surface area contributed by atoms with E-state index in [2.05, 4.69) is 0 Å². The molecule has 0 aliphatic heterocycles. The number of hydrogen-bond acceptors (Lipinski definition) is 2. The molecule has 0 aliphatic rings. The van der Waals surface area contributed by atoms with Gasteiger partial charge in [0.1, 0.15) is 0 Å². The van der Waals surface area contributed by atoms with Gasteiger partial charge in [0, 0.05) is 5.69 Å². The number of nitrogen functional groups attached to an aromatic ring is 1. The molecule has 2 nitrogen and oxygen atoms in total. The van der Waals surface area contributed by atoms with Crippen LogP contribution in [-0.4, -0.2) is 5.11 Å². The van der Waals surface area contributed by atoms with Crippen LogP contribution in [0.15, 0.2) is 54.6 Å². The summed E-state index contributed by atoms with van der Waals surface area (Å²) in [7, 11) is 0. The predicted octanol–water partition coefficient (Wildman–Crippen LogP) is 2.94. The normalized spacial score (nSPS) is 12.3. The van der Waals surface area contributed by atoms with Crippen molar-refractivity contribution in [2.75, 3.05) is 5.73 Å². The third-order valence-corrected chi connectivity index (χ3v) is 2.87. The molecule has 0 radical (unpaired) electrons. The Morgan fingerprint density at radius 3 is 2.24 bits per heavy atom. The first-order valence-electron chi connectivity index (χ1n) is 5.83. The fraction of sp³-hybridized carbons (Fsp3) is 0.200. The van der Waals surface area contributed by atoms with Crippen LogP contribution < -0.4 is 5.73 Å². The zero-order valence-electron chi connectivity index (χ0n) is 9.71. The molecule has 17 heavy (non-hydrogen) atoms. The smallest absolute Gasteiger partial charge is 0.0793 e. The summed E-state index contributed by atoms with van der Waals surface area (Å²) < 4.78 is 0. The number of benzene rings is 2. The van der Waals surface area contributed by atoms with Crippen LogP contribution in [0.5, 0.6) is 0 Å². The van der Waals surface area contributed by atoms with Crippen LogP contribution in [0.25, 0.3) is 0 Å². The lowest BCUT2D eigenvalue weighted by Gasteiger charge is -2.10.